The maximum Gasteiger partial charge on any atom is 0.324 e. The number of hydrogen-bond acceptors (Lipinski definition) is 8. The van der Waals surface area contributed by atoms with Crippen molar-refractivity contribution < 1.29 is 14.2 Å². The molecule has 1 aromatic rings. The van der Waals surface area contributed by atoms with Gasteiger partial charge in [-0.25, -0.2) is 5.84 Å². The largest absolute Gasteiger partial charge is 0.467 e. The highest BCUT2D eigenvalue weighted by Crippen LogP contribution is 2.12. The van der Waals surface area contributed by atoms with Crippen LogP contribution in [-0.4, -0.2) is 40.9 Å². The summed E-state index contributed by atoms with van der Waals surface area (Å²) in [6.07, 6.45) is 0. The van der Waals surface area contributed by atoms with E-state index in [4.69, 9.17) is 20.1 Å². The van der Waals surface area contributed by atoms with Crippen LogP contribution in [0.25, 0.3) is 0 Å². The normalized spacial score (nSPS) is 11.2. The van der Waals surface area contributed by atoms with E-state index in [9.17, 15) is 0 Å². The van der Waals surface area contributed by atoms with E-state index in [2.05, 4.69) is 20.4 Å². The molecule has 0 fully saturated rings. The predicted molar refractivity (Wildman–Crippen MR) is 65.4 cm³/mol. The van der Waals surface area contributed by atoms with Crippen LogP contribution in [-0.2, 0) is 4.74 Å². The molecule has 0 saturated carbocycles. The Morgan fingerprint density at radius 1 is 1.11 bits per heavy atom. The van der Waals surface area contributed by atoms with Gasteiger partial charge in [0.2, 0.25) is 5.95 Å². The molecular weight excluding hydrogens is 238 g/mol. The molecule has 1 heterocycles. The van der Waals surface area contributed by atoms with Crippen molar-refractivity contribution in [3.8, 4) is 12.0 Å². The fourth-order valence-corrected chi connectivity index (χ4v) is 1.04. The molecule has 0 radical (unpaired) electrons. The zero-order valence-electron chi connectivity index (χ0n) is 11.1. The number of aromatic nitrogens is 3. The second-order valence-electron chi connectivity index (χ2n) is 4.38. The topological polar surface area (TPSA) is 104 Å². The summed E-state index contributed by atoms with van der Waals surface area (Å²) >= 11 is 0. The second-order valence-corrected chi connectivity index (χ2v) is 4.38. The van der Waals surface area contributed by atoms with Gasteiger partial charge in [-0.05, 0) is 20.8 Å². The first kappa shape index (κ1) is 14.4. The van der Waals surface area contributed by atoms with Crippen LogP contribution >= 0.6 is 0 Å². The van der Waals surface area contributed by atoms with Crippen molar-refractivity contribution in [1.29, 1.82) is 0 Å². The molecule has 0 atom stereocenters. The highest BCUT2D eigenvalue weighted by molar-refractivity contribution is 5.25. The van der Waals surface area contributed by atoms with Crippen molar-refractivity contribution in [2.24, 2.45) is 5.84 Å². The third kappa shape index (κ3) is 5.11. The minimum absolute atomic E-state index is 0.129. The number of nitrogen functional groups attached to an aromatic ring is 1. The number of methoxy groups -OCH3 is 1. The van der Waals surface area contributed by atoms with Gasteiger partial charge in [-0.15, -0.1) is 4.98 Å². The number of anilines is 1. The molecule has 18 heavy (non-hydrogen) atoms. The summed E-state index contributed by atoms with van der Waals surface area (Å²) in [5, 5.41) is 0. The molecule has 0 aliphatic rings. The second kappa shape index (κ2) is 6.31. The lowest BCUT2D eigenvalue weighted by Gasteiger charge is -2.19. The molecule has 0 bridgehead atoms. The first-order valence-corrected chi connectivity index (χ1v) is 5.48. The number of hydrogen-bond donors (Lipinski definition) is 2. The number of hydrazine groups is 1. The van der Waals surface area contributed by atoms with Crippen LogP contribution in [0.1, 0.15) is 20.8 Å². The molecule has 8 nitrogen and oxygen atoms in total. The van der Waals surface area contributed by atoms with Crippen LogP contribution in [0.15, 0.2) is 0 Å². The van der Waals surface area contributed by atoms with Crippen LogP contribution in [0.5, 0.6) is 12.0 Å². The SMILES string of the molecule is COc1nc(NN)nc(OCCOC(C)(C)C)n1. The number of nitrogens with one attached hydrogen (secondary N) is 1. The summed E-state index contributed by atoms with van der Waals surface area (Å²) in [6.45, 7) is 6.66. The van der Waals surface area contributed by atoms with Gasteiger partial charge in [-0.1, -0.05) is 0 Å². The Labute approximate surface area is 106 Å². The fourth-order valence-electron chi connectivity index (χ4n) is 1.04. The van der Waals surface area contributed by atoms with Crippen LogP contribution in [0.2, 0.25) is 0 Å². The Hall–Kier alpha value is -1.67. The molecule has 3 N–H and O–H groups in total. The summed E-state index contributed by atoms with van der Waals surface area (Å²) in [4.78, 5) is 11.7. The van der Waals surface area contributed by atoms with Crippen molar-refractivity contribution in [2.45, 2.75) is 26.4 Å². The van der Waals surface area contributed by atoms with E-state index >= 15 is 0 Å². The summed E-state index contributed by atoms with van der Waals surface area (Å²) in [5.74, 6) is 5.39. The smallest absolute Gasteiger partial charge is 0.324 e. The van der Waals surface area contributed by atoms with Gasteiger partial charge in [0.05, 0.1) is 19.3 Å². The van der Waals surface area contributed by atoms with Gasteiger partial charge in [0, 0.05) is 0 Å². The van der Waals surface area contributed by atoms with Gasteiger partial charge >= 0.3 is 12.0 Å². The highest BCUT2D eigenvalue weighted by atomic mass is 16.5. The molecule has 0 unspecified atom stereocenters. The number of nitrogens with zero attached hydrogens (tertiary/aromatic N) is 3. The zero-order valence-corrected chi connectivity index (χ0v) is 11.1. The monoisotopic (exact) mass is 257 g/mol. The van der Waals surface area contributed by atoms with Crippen molar-refractivity contribution >= 4 is 5.95 Å². The van der Waals surface area contributed by atoms with Crippen molar-refractivity contribution in [1.82, 2.24) is 15.0 Å². The molecule has 0 amide bonds. The van der Waals surface area contributed by atoms with Crippen LogP contribution in [0.3, 0.4) is 0 Å². The van der Waals surface area contributed by atoms with Gasteiger partial charge in [0.1, 0.15) is 6.61 Å². The Balaban J connectivity index is 2.51. The maximum absolute atomic E-state index is 5.50. The number of nitrogens with two attached hydrogens (primary N) is 1. The molecule has 1 rings (SSSR count). The number of rotatable bonds is 6. The highest BCUT2D eigenvalue weighted by Gasteiger charge is 2.10. The van der Waals surface area contributed by atoms with Crippen LogP contribution < -0.4 is 20.7 Å². The lowest BCUT2D eigenvalue weighted by Crippen LogP contribution is -2.23. The van der Waals surface area contributed by atoms with Crippen molar-refractivity contribution in [3.05, 3.63) is 0 Å². The standard InChI is InChI=1S/C10H19N5O3/c1-10(2,3)18-6-5-17-9-13-7(15-11)12-8(14-9)16-4/h5-6,11H2,1-4H3,(H,12,13,14,15). The summed E-state index contributed by atoms with van der Waals surface area (Å²) in [7, 11) is 1.45. The third-order valence-electron chi connectivity index (χ3n) is 1.76. The molecule has 0 spiro atoms. The lowest BCUT2D eigenvalue weighted by molar-refractivity contribution is -0.0174. The third-order valence-corrected chi connectivity index (χ3v) is 1.76. The van der Waals surface area contributed by atoms with Crippen molar-refractivity contribution in [3.63, 3.8) is 0 Å². The van der Waals surface area contributed by atoms with E-state index in [1.165, 1.54) is 7.11 Å². The van der Waals surface area contributed by atoms with E-state index in [1.807, 2.05) is 20.8 Å². The van der Waals surface area contributed by atoms with Crippen molar-refractivity contribution in [2.75, 3.05) is 25.7 Å². The minimum Gasteiger partial charge on any atom is -0.467 e. The molecular formula is C10H19N5O3. The molecule has 0 aliphatic carbocycles. The molecule has 8 heteroatoms. The van der Waals surface area contributed by atoms with Crippen LogP contribution in [0, 0.1) is 0 Å². The zero-order chi connectivity index (χ0) is 13.6. The van der Waals surface area contributed by atoms with E-state index in [1.54, 1.807) is 0 Å². The number of ether oxygens (including phenoxy) is 3. The van der Waals surface area contributed by atoms with E-state index in [-0.39, 0.29) is 23.6 Å². The molecule has 0 aliphatic heterocycles. The lowest BCUT2D eigenvalue weighted by atomic mass is 10.2. The molecule has 102 valence electrons. The Morgan fingerprint density at radius 2 is 1.78 bits per heavy atom. The van der Waals surface area contributed by atoms with E-state index in [0.29, 0.717) is 13.2 Å². The average molecular weight is 257 g/mol. The molecule has 0 aromatic carbocycles. The Kier molecular flexibility index (Phi) is 5.05. The molecule has 0 saturated heterocycles. The molecule has 1 aromatic heterocycles. The first-order chi connectivity index (χ1) is 8.44. The first-order valence-electron chi connectivity index (χ1n) is 5.48. The summed E-state index contributed by atoms with van der Waals surface area (Å²) in [6, 6.07) is 0.261. The van der Waals surface area contributed by atoms with Gasteiger partial charge in [0.25, 0.3) is 0 Å². The van der Waals surface area contributed by atoms with Gasteiger partial charge in [-0.3, -0.25) is 5.43 Å². The van der Waals surface area contributed by atoms with Gasteiger partial charge in [0.15, 0.2) is 0 Å². The maximum atomic E-state index is 5.50. The Bertz CT molecular complexity index is 358. The van der Waals surface area contributed by atoms with E-state index in [0.717, 1.165) is 0 Å². The summed E-state index contributed by atoms with van der Waals surface area (Å²) in [5.41, 5.74) is 2.10. The fraction of sp³-hybridized carbons (Fsp3) is 0.700. The minimum atomic E-state index is -0.204. The van der Waals surface area contributed by atoms with Gasteiger partial charge in [-0.2, -0.15) is 9.97 Å². The van der Waals surface area contributed by atoms with Crippen LogP contribution in [0.4, 0.5) is 5.95 Å². The Morgan fingerprint density at radius 3 is 2.33 bits per heavy atom. The predicted octanol–water partition coefficient (Wildman–Crippen LogP) is 0.360. The van der Waals surface area contributed by atoms with Gasteiger partial charge < -0.3 is 14.2 Å². The summed E-state index contributed by atoms with van der Waals surface area (Å²) < 4.78 is 15.7. The quantitative estimate of drug-likeness (QED) is 0.427. The average Bonchev–Trinajstić information content (AvgIpc) is 2.33. The van der Waals surface area contributed by atoms with E-state index < -0.39 is 0 Å².